The molecule has 318 valence electrons. The molecule has 0 saturated carbocycles. The summed E-state index contributed by atoms with van der Waals surface area (Å²) in [6.45, 7) is 0. The van der Waals surface area contributed by atoms with Crippen LogP contribution in [0.1, 0.15) is 0 Å². The van der Waals surface area contributed by atoms with Crippen LogP contribution in [-0.4, -0.2) is 8.97 Å². The molecule has 0 unspecified atom stereocenters. The molecular weight excluding hydrogens is 853 g/mol. The van der Waals surface area contributed by atoms with E-state index < -0.39 is 0 Å². The molecule has 0 aliphatic carbocycles. The average Bonchev–Trinajstić information content (AvgIpc) is 4.17. The molecule has 16 aromatic rings. The van der Waals surface area contributed by atoms with E-state index in [9.17, 15) is 0 Å². The molecule has 0 atom stereocenters. The smallest absolute Gasteiger partial charge is 0.0622 e. The monoisotopic (exact) mass is 890 g/mol. The van der Waals surface area contributed by atoms with Crippen LogP contribution in [0.5, 0.6) is 0 Å². The van der Waals surface area contributed by atoms with E-state index in [1.165, 1.54) is 151 Å². The molecule has 0 bridgehead atoms. The Balaban J connectivity index is 0.921. The van der Waals surface area contributed by atoms with Crippen LogP contribution in [0.3, 0.4) is 0 Å². The standard InChI is InChI=1S/C66H38N2S/c1-2-19-46-44(17-1)45-18-3-4-20-47(45)56-36-40(31-32-48(46)56)39-15-13-16-41(35-39)43-33-34-52(63-55-24-8-12-30-62(55)69-66(43)63)53-25-14-26-54-58-38-42(37-57-51-23-7-11-29-61(51)68(64(53)54)65(57)58)67-59-27-9-5-21-49(59)50-22-6-10-28-60(50)67/h1-38H. The van der Waals surface area contributed by atoms with Crippen LogP contribution in [0.2, 0.25) is 0 Å². The van der Waals surface area contributed by atoms with Crippen molar-refractivity contribution in [2.24, 2.45) is 0 Å². The molecule has 2 nitrogen and oxygen atoms in total. The molecule has 0 spiro atoms. The maximum atomic E-state index is 2.56. The number of para-hydroxylation sites is 4. The Kier molecular flexibility index (Phi) is 7.52. The molecule has 0 fully saturated rings. The minimum Gasteiger partial charge on any atom is -0.309 e. The number of thiophene rings is 1. The number of hydrogen-bond acceptors (Lipinski definition) is 1. The predicted octanol–water partition coefficient (Wildman–Crippen LogP) is 18.8. The van der Waals surface area contributed by atoms with Gasteiger partial charge < -0.3 is 8.97 Å². The lowest BCUT2D eigenvalue weighted by Gasteiger charge is -2.14. The zero-order valence-electron chi connectivity index (χ0n) is 37.2. The fraction of sp³-hybridized carbons (Fsp3) is 0. The van der Waals surface area contributed by atoms with Gasteiger partial charge in [-0.2, -0.15) is 0 Å². The lowest BCUT2D eigenvalue weighted by Crippen LogP contribution is -1.93. The van der Waals surface area contributed by atoms with E-state index in [-0.39, 0.29) is 0 Å². The molecule has 0 aliphatic heterocycles. The second-order valence-corrected chi connectivity index (χ2v) is 19.8. The number of aromatic nitrogens is 2. The first-order chi connectivity index (χ1) is 34.2. The Hall–Kier alpha value is -8.76. The normalized spacial score (nSPS) is 12.3. The third-order valence-corrected chi connectivity index (χ3v) is 16.4. The maximum Gasteiger partial charge on any atom is 0.0622 e. The SMILES string of the molecule is c1cc(-c2ccc3c4ccccc4c4ccccc4c3c2)cc(-c2ccc(-c3cccc4c5cc(-n6c7ccccc7c7ccccc76)cc6c7ccccc7n(c34)c65)c3c2sc2ccccc23)c1. The van der Waals surface area contributed by atoms with Crippen molar-refractivity contribution >= 4 is 124 Å². The van der Waals surface area contributed by atoms with Gasteiger partial charge in [0.05, 0.1) is 27.6 Å². The van der Waals surface area contributed by atoms with E-state index in [1.807, 2.05) is 11.3 Å². The number of benzene rings is 12. The van der Waals surface area contributed by atoms with Crippen LogP contribution in [0.4, 0.5) is 0 Å². The van der Waals surface area contributed by atoms with Gasteiger partial charge >= 0.3 is 0 Å². The van der Waals surface area contributed by atoms with Gasteiger partial charge in [0.25, 0.3) is 0 Å². The van der Waals surface area contributed by atoms with Crippen LogP contribution >= 0.6 is 11.3 Å². The van der Waals surface area contributed by atoms with Crippen molar-refractivity contribution in [1.29, 1.82) is 0 Å². The fourth-order valence-corrected chi connectivity index (χ4v) is 13.6. The minimum absolute atomic E-state index is 1.18. The summed E-state index contributed by atoms with van der Waals surface area (Å²) in [5.74, 6) is 0. The zero-order valence-corrected chi connectivity index (χ0v) is 38.1. The molecule has 0 N–H and O–H groups in total. The third-order valence-electron chi connectivity index (χ3n) is 15.2. The second-order valence-electron chi connectivity index (χ2n) is 18.7. The van der Waals surface area contributed by atoms with Gasteiger partial charge in [-0.3, -0.25) is 0 Å². The molecule has 0 aliphatic rings. The number of hydrogen-bond donors (Lipinski definition) is 0. The summed E-state index contributed by atoms with van der Waals surface area (Å²) < 4.78 is 7.64. The largest absolute Gasteiger partial charge is 0.309 e. The third kappa shape index (κ3) is 5.09. The van der Waals surface area contributed by atoms with Gasteiger partial charge in [-0.05, 0) is 109 Å². The molecular formula is C66H38N2S. The maximum absolute atomic E-state index is 2.56. The number of rotatable bonds is 4. The van der Waals surface area contributed by atoms with E-state index in [1.54, 1.807) is 0 Å². The molecule has 3 heteroatoms. The topological polar surface area (TPSA) is 9.34 Å². The van der Waals surface area contributed by atoms with Crippen LogP contribution in [0.25, 0.3) is 151 Å². The van der Waals surface area contributed by atoms with E-state index in [2.05, 4.69) is 239 Å². The summed E-state index contributed by atoms with van der Waals surface area (Å²) in [6.07, 6.45) is 0. The van der Waals surface area contributed by atoms with E-state index in [0.717, 1.165) is 0 Å². The van der Waals surface area contributed by atoms with Gasteiger partial charge in [-0.1, -0.05) is 182 Å². The Bertz CT molecular complexity index is 4760. The van der Waals surface area contributed by atoms with Crippen molar-refractivity contribution < 1.29 is 0 Å². The first-order valence-electron chi connectivity index (χ1n) is 23.8. The number of nitrogens with zero attached hydrogens (tertiary/aromatic N) is 2. The lowest BCUT2D eigenvalue weighted by molar-refractivity contribution is 1.19. The Morgan fingerprint density at radius 2 is 0.783 bits per heavy atom. The second kappa shape index (κ2) is 13.9. The molecule has 0 saturated heterocycles. The summed E-state index contributed by atoms with van der Waals surface area (Å²) in [5, 5.41) is 18.0. The summed E-state index contributed by atoms with van der Waals surface area (Å²) in [4.78, 5) is 0. The number of fused-ring (bicyclic) bond motifs is 18. The van der Waals surface area contributed by atoms with Crippen molar-refractivity contribution in [3.8, 4) is 39.1 Å². The van der Waals surface area contributed by atoms with Crippen molar-refractivity contribution in [1.82, 2.24) is 8.97 Å². The zero-order chi connectivity index (χ0) is 44.9. The average molecular weight is 891 g/mol. The summed E-state index contributed by atoms with van der Waals surface area (Å²) in [7, 11) is 0. The first kappa shape index (κ1) is 37.3. The van der Waals surface area contributed by atoms with Crippen LogP contribution in [0.15, 0.2) is 231 Å². The Labute approximate surface area is 400 Å². The van der Waals surface area contributed by atoms with Crippen molar-refractivity contribution in [2.45, 2.75) is 0 Å². The van der Waals surface area contributed by atoms with Gasteiger partial charge in [0.15, 0.2) is 0 Å². The van der Waals surface area contributed by atoms with Crippen LogP contribution < -0.4 is 0 Å². The van der Waals surface area contributed by atoms with Crippen molar-refractivity contribution in [2.75, 3.05) is 0 Å². The quantitative estimate of drug-likeness (QED) is 0.156. The predicted molar refractivity (Wildman–Crippen MR) is 297 cm³/mol. The van der Waals surface area contributed by atoms with Gasteiger partial charge in [-0.25, -0.2) is 0 Å². The van der Waals surface area contributed by atoms with Gasteiger partial charge in [0.2, 0.25) is 0 Å². The minimum atomic E-state index is 1.18. The van der Waals surface area contributed by atoms with Gasteiger partial charge in [0.1, 0.15) is 0 Å². The summed E-state index contributed by atoms with van der Waals surface area (Å²) >= 11 is 1.91. The van der Waals surface area contributed by atoms with Gasteiger partial charge in [-0.15, -0.1) is 11.3 Å². The molecule has 69 heavy (non-hydrogen) atoms. The van der Waals surface area contributed by atoms with Crippen LogP contribution in [-0.2, 0) is 0 Å². The molecule has 12 aromatic carbocycles. The highest BCUT2D eigenvalue weighted by Gasteiger charge is 2.24. The molecule has 16 rings (SSSR count). The van der Waals surface area contributed by atoms with Crippen molar-refractivity contribution in [3.63, 3.8) is 0 Å². The summed E-state index contributed by atoms with van der Waals surface area (Å²) in [5.41, 5.74) is 14.8. The highest BCUT2D eigenvalue weighted by atomic mass is 32.1. The highest BCUT2D eigenvalue weighted by molar-refractivity contribution is 7.26. The molecule has 4 aromatic heterocycles. The van der Waals surface area contributed by atoms with E-state index in [4.69, 9.17) is 0 Å². The summed E-state index contributed by atoms with van der Waals surface area (Å²) in [6, 6.07) is 86.2. The first-order valence-corrected chi connectivity index (χ1v) is 24.6. The van der Waals surface area contributed by atoms with E-state index in [0.29, 0.717) is 0 Å². The Morgan fingerprint density at radius 1 is 0.275 bits per heavy atom. The fourth-order valence-electron chi connectivity index (χ4n) is 12.3. The Morgan fingerprint density at radius 3 is 1.49 bits per heavy atom. The molecule has 0 radical (unpaired) electrons. The lowest BCUT2D eigenvalue weighted by atomic mass is 9.90. The van der Waals surface area contributed by atoms with Crippen molar-refractivity contribution in [3.05, 3.63) is 231 Å². The van der Waals surface area contributed by atoms with E-state index >= 15 is 0 Å². The van der Waals surface area contributed by atoms with Gasteiger partial charge in [0, 0.05) is 63.7 Å². The molecule has 0 amide bonds. The highest BCUT2D eigenvalue weighted by Crippen LogP contribution is 2.50. The van der Waals surface area contributed by atoms with Crippen LogP contribution in [0, 0.1) is 0 Å². The molecule has 4 heterocycles.